The van der Waals surface area contributed by atoms with E-state index < -0.39 is 0 Å². The number of nitrogen functional groups attached to an aromatic ring is 1. The molecule has 2 rings (SSSR count). The van der Waals surface area contributed by atoms with Gasteiger partial charge in [0.2, 0.25) is 0 Å². The Hall–Kier alpha value is -1.60. The Morgan fingerprint density at radius 2 is 2.06 bits per heavy atom. The molecule has 0 amide bonds. The molecule has 0 bridgehead atoms. The molecule has 0 aromatic carbocycles. The summed E-state index contributed by atoms with van der Waals surface area (Å²) in [5, 5.41) is 9.14. The van der Waals surface area contributed by atoms with Gasteiger partial charge in [-0.05, 0) is 35.3 Å². The third kappa shape index (κ3) is 2.06. The van der Waals surface area contributed by atoms with Gasteiger partial charge in [-0.15, -0.1) is 0 Å². The van der Waals surface area contributed by atoms with Crippen LogP contribution in [-0.4, -0.2) is 4.98 Å². The quantitative estimate of drug-likeness (QED) is 0.588. The molecule has 1 aromatic rings. The summed E-state index contributed by atoms with van der Waals surface area (Å²) in [7, 11) is 0. The van der Waals surface area contributed by atoms with Gasteiger partial charge >= 0.3 is 0 Å². The van der Waals surface area contributed by atoms with Gasteiger partial charge in [0.15, 0.2) is 5.82 Å². The second-order valence-electron chi connectivity index (χ2n) is 6.54. The van der Waals surface area contributed by atoms with E-state index in [1.807, 2.05) is 6.07 Å². The second-order valence-corrected chi connectivity index (χ2v) is 6.54. The molecule has 0 aliphatic heterocycles. The van der Waals surface area contributed by atoms with Gasteiger partial charge in [0, 0.05) is 5.69 Å². The van der Waals surface area contributed by atoms with Crippen LogP contribution in [0.15, 0.2) is 6.07 Å². The highest BCUT2D eigenvalue weighted by atomic mass is 15.3. The van der Waals surface area contributed by atoms with Crippen LogP contribution in [0.1, 0.15) is 50.9 Å². The van der Waals surface area contributed by atoms with Crippen LogP contribution in [0.25, 0.3) is 0 Å². The van der Waals surface area contributed by atoms with Crippen LogP contribution in [0.5, 0.6) is 0 Å². The summed E-state index contributed by atoms with van der Waals surface area (Å²) in [6.45, 7) is 8.94. The highest BCUT2D eigenvalue weighted by Gasteiger charge is 2.38. The van der Waals surface area contributed by atoms with E-state index in [0.717, 1.165) is 18.5 Å². The normalized spacial score (nSPS) is 19.8. The lowest BCUT2D eigenvalue weighted by Gasteiger charge is -2.41. The number of nitrogens with two attached hydrogens (primary N) is 1. The van der Waals surface area contributed by atoms with Gasteiger partial charge in [0.25, 0.3) is 0 Å². The molecule has 0 spiro atoms. The number of hydrogen-bond acceptors (Lipinski definition) is 4. The minimum Gasteiger partial charge on any atom is -0.307 e. The van der Waals surface area contributed by atoms with E-state index in [2.05, 4.69) is 44.2 Å². The van der Waals surface area contributed by atoms with Gasteiger partial charge in [-0.25, -0.2) is 10.8 Å². The van der Waals surface area contributed by atoms with Crippen LogP contribution >= 0.6 is 0 Å². The highest BCUT2D eigenvalue weighted by molar-refractivity contribution is 5.55. The number of nitriles is 1. The van der Waals surface area contributed by atoms with Crippen molar-refractivity contribution in [2.75, 3.05) is 5.43 Å². The monoisotopic (exact) mass is 244 g/mol. The van der Waals surface area contributed by atoms with Crippen LogP contribution in [-0.2, 0) is 11.8 Å². The smallest absolute Gasteiger partial charge is 0.158 e. The van der Waals surface area contributed by atoms with Crippen molar-refractivity contribution in [2.45, 2.75) is 46.0 Å². The summed E-state index contributed by atoms with van der Waals surface area (Å²) in [6, 6.07) is 4.09. The lowest BCUT2D eigenvalue weighted by atomic mass is 9.64. The van der Waals surface area contributed by atoms with Gasteiger partial charge in [0.1, 0.15) is 6.07 Å². The van der Waals surface area contributed by atoms with Crippen molar-refractivity contribution in [1.82, 2.24) is 4.98 Å². The first kappa shape index (κ1) is 12.8. The summed E-state index contributed by atoms with van der Waals surface area (Å²) in [6.07, 6.45) is 2.01. The van der Waals surface area contributed by atoms with Crippen LogP contribution in [0.2, 0.25) is 0 Å². The molecule has 96 valence electrons. The zero-order valence-electron chi connectivity index (χ0n) is 11.5. The maximum absolute atomic E-state index is 9.14. The topological polar surface area (TPSA) is 74.7 Å². The number of fused-ring (bicyclic) bond motifs is 1. The average Bonchev–Trinajstić information content (AvgIpc) is 2.24. The molecule has 0 saturated heterocycles. The van der Waals surface area contributed by atoms with E-state index in [0.29, 0.717) is 11.4 Å². The van der Waals surface area contributed by atoms with E-state index in [9.17, 15) is 0 Å². The number of aromatic nitrogens is 1. The van der Waals surface area contributed by atoms with Crippen LogP contribution in [0.3, 0.4) is 0 Å². The first-order valence-corrected chi connectivity index (χ1v) is 6.20. The number of hydrazine groups is 1. The Kier molecular flexibility index (Phi) is 2.83. The second kappa shape index (κ2) is 3.96. The van der Waals surface area contributed by atoms with E-state index >= 15 is 0 Å². The molecule has 4 heteroatoms. The molecule has 0 unspecified atom stereocenters. The summed E-state index contributed by atoms with van der Waals surface area (Å²) in [5.41, 5.74) is 5.54. The third-order valence-corrected chi connectivity index (χ3v) is 3.65. The number of pyridine rings is 1. The molecule has 1 aliphatic rings. The van der Waals surface area contributed by atoms with Crippen molar-refractivity contribution in [3.05, 3.63) is 22.9 Å². The Labute approximate surface area is 108 Å². The Morgan fingerprint density at radius 3 is 2.61 bits per heavy atom. The average molecular weight is 244 g/mol. The first-order chi connectivity index (χ1) is 8.29. The van der Waals surface area contributed by atoms with E-state index in [1.165, 1.54) is 5.56 Å². The molecule has 0 atom stereocenters. The third-order valence-electron chi connectivity index (χ3n) is 3.65. The summed E-state index contributed by atoms with van der Waals surface area (Å²) in [4.78, 5) is 4.54. The SMILES string of the molecule is CC1(C)Cc2nc(NN)c(C#N)cc2C(C)(C)C1. The maximum Gasteiger partial charge on any atom is 0.158 e. The fourth-order valence-corrected chi connectivity index (χ4v) is 3.27. The fraction of sp³-hybridized carbons (Fsp3) is 0.571. The highest BCUT2D eigenvalue weighted by Crippen LogP contribution is 2.45. The van der Waals surface area contributed by atoms with Gasteiger partial charge in [-0.2, -0.15) is 5.26 Å². The zero-order chi connectivity index (χ0) is 13.6. The largest absolute Gasteiger partial charge is 0.307 e. The molecule has 0 saturated carbocycles. The maximum atomic E-state index is 9.14. The standard InChI is InChI=1S/C14H20N4/c1-13(2)6-11-10(14(3,4)8-13)5-9(7-15)12(17-11)18-16/h5H,6,8,16H2,1-4H3,(H,17,18). The van der Waals surface area contributed by atoms with Gasteiger partial charge in [-0.3, -0.25) is 0 Å². The van der Waals surface area contributed by atoms with Crippen molar-refractivity contribution in [2.24, 2.45) is 11.3 Å². The van der Waals surface area contributed by atoms with Crippen LogP contribution < -0.4 is 11.3 Å². The molecule has 3 N–H and O–H groups in total. The Morgan fingerprint density at radius 1 is 1.39 bits per heavy atom. The zero-order valence-corrected chi connectivity index (χ0v) is 11.5. The van der Waals surface area contributed by atoms with Crippen molar-refractivity contribution >= 4 is 5.82 Å². The molecule has 0 fully saturated rings. The molecule has 0 radical (unpaired) electrons. The number of rotatable bonds is 1. The number of nitrogens with zero attached hydrogens (tertiary/aromatic N) is 2. The lowest BCUT2D eigenvalue weighted by molar-refractivity contribution is 0.228. The molecule has 1 aromatic heterocycles. The minimum atomic E-state index is 0.0445. The molecular weight excluding hydrogens is 224 g/mol. The summed E-state index contributed by atoms with van der Waals surface area (Å²) in [5.74, 6) is 5.91. The minimum absolute atomic E-state index is 0.0445. The lowest BCUT2D eigenvalue weighted by Crippen LogP contribution is -2.35. The number of nitrogens with one attached hydrogen (secondary N) is 1. The summed E-state index contributed by atoms with van der Waals surface area (Å²) >= 11 is 0. The van der Waals surface area contributed by atoms with Gasteiger partial charge < -0.3 is 5.43 Å². The molecular formula is C14H20N4. The van der Waals surface area contributed by atoms with Crippen molar-refractivity contribution in [3.63, 3.8) is 0 Å². The molecule has 4 nitrogen and oxygen atoms in total. The molecule has 1 aliphatic carbocycles. The van der Waals surface area contributed by atoms with Crippen molar-refractivity contribution in [3.8, 4) is 6.07 Å². The van der Waals surface area contributed by atoms with E-state index in [1.54, 1.807) is 0 Å². The van der Waals surface area contributed by atoms with Crippen LogP contribution in [0.4, 0.5) is 5.82 Å². The number of anilines is 1. The summed E-state index contributed by atoms with van der Waals surface area (Å²) < 4.78 is 0. The molecule has 18 heavy (non-hydrogen) atoms. The van der Waals surface area contributed by atoms with Crippen LogP contribution in [0, 0.1) is 16.7 Å². The Balaban J connectivity index is 2.63. The Bertz CT molecular complexity index is 523. The van der Waals surface area contributed by atoms with E-state index in [4.69, 9.17) is 11.1 Å². The number of hydrogen-bond donors (Lipinski definition) is 2. The molecule has 1 heterocycles. The predicted octanol–water partition coefficient (Wildman–Crippen LogP) is 2.49. The fourth-order valence-electron chi connectivity index (χ4n) is 3.27. The van der Waals surface area contributed by atoms with Gasteiger partial charge in [-0.1, -0.05) is 27.7 Å². The first-order valence-electron chi connectivity index (χ1n) is 6.20. The van der Waals surface area contributed by atoms with E-state index in [-0.39, 0.29) is 10.8 Å². The predicted molar refractivity (Wildman–Crippen MR) is 71.9 cm³/mol. The van der Waals surface area contributed by atoms with Crippen molar-refractivity contribution < 1.29 is 0 Å². The van der Waals surface area contributed by atoms with Gasteiger partial charge in [0.05, 0.1) is 5.56 Å². The van der Waals surface area contributed by atoms with Crippen molar-refractivity contribution in [1.29, 1.82) is 5.26 Å².